The summed E-state index contributed by atoms with van der Waals surface area (Å²) in [6.07, 6.45) is -2.27. The number of anilines is 1. The molecule has 1 aliphatic heterocycles. The second-order valence-electron chi connectivity index (χ2n) is 5.40. The maximum atomic E-state index is 12.8. The Morgan fingerprint density at radius 1 is 1.50 bits per heavy atom. The van der Waals surface area contributed by atoms with Crippen molar-refractivity contribution in [3.8, 4) is 0 Å². The van der Waals surface area contributed by atoms with Crippen LogP contribution in [-0.4, -0.2) is 41.1 Å². The van der Waals surface area contributed by atoms with E-state index in [-0.39, 0.29) is 18.9 Å². The molecule has 2 rings (SSSR count). The van der Waals surface area contributed by atoms with Gasteiger partial charge < -0.3 is 5.32 Å². The van der Waals surface area contributed by atoms with E-state index >= 15 is 0 Å². The van der Waals surface area contributed by atoms with Crippen LogP contribution in [0, 0.1) is 5.92 Å². The van der Waals surface area contributed by atoms with Crippen LogP contribution in [0.5, 0.6) is 0 Å². The Balaban J connectivity index is 1.96. The molecule has 0 bridgehead atoms. The molecule has 1 aromatic rings. The van der Waals surface area contributed by atoms with Crippen LogP contribution < -0.4 is 5.32 Å². The van der Waals surface area contributed by atoms with Gasteiger partial charge in [0.15, 0.2) is 0 Å². The van der Waals surface area contributed by atoms with Gasteiger partial charge in [0, 0.05) is 12.7 Å². The average molecular weight is 336 g/mol. The molecule has 122 valence electrons. The third-order valence-corrected chi connectivity index (χ3v) is 4.05. The highest BCUT2D eigenvalue weighted by Crippen LogP contribution is 2.33. The molecule has 0 saturated carbocycles. The van der Waals surface area contributed by atoms with Gasteiger partial charge in [-0.05, 0) is 38.4 Å². The molecule has 0 unspecified atom stereocenters. The molecule has 2 heterocycles. The van der Waals surface area contributed by atoms with Crippen molar-refractivity contribution < 1.29 is 18.0 Å². The maximum Gasteiger partial charge on any atom is 0.393 e. The summed E-state index contributed by atoms with van der Waals surface area (Å²) in [6.45, 7) is 1.94. The zero-order valence-electron chi connectivity index (χ0n) is 12.0. The van der Waals surface area contributed by atoms with E-state index in [1.165, 1.54) is 6.20 Å². The number of hydrogen-bond donors (Lipinski definition) is 1. The molecule has 1 amide bonds. The fraction of sp³-hybridized carbons (Fsp3) is 0.571. The highest BCUT2D eigenvalue weighted by atomic mass is 35.5. The summed E-state index contributed by atoms with van der Waals surface area (Å²) >= 11 is 5.70. The van der Waals surface area contributed by atoms with Crippen LogP contribution in [0.2, 0.25) is 5.02 Å². The number of likely N-dealkylation sites (tertiary alicyclic amines) is 1. The van der Waals surface area contributed by atoms with Crippen molar-refractivity contribution in [1.82, 2.24) is 9.88 Å². The standard InChI is InChI=1S/C14H17ClF3N3O/c1-9(13(22)20-12-5-4-11(15)7-19-12)21-6-2-3-10(8-21)14(16,17)18/h4-5,7,9-10H,2-3,6,8H2,1H3,(H,19,20,22)/t9-,10-/m0/s1. The number of carbonyl (C=O) groups excluding carboxylic acids is 1. The Bertz CT molecular complexity index is 521. The van der Waals surface area contributed by atoms with Crippen LogP contribution in [0.1, 0.15) is 19.8 Å². The third-order valence-electron chi connectivity index (χ3n) is 3.82. The molecule has 0 spiro atoms. The monoisotopic (exact) mass is 335 g/mol. The van der Waals surface area contributed by atoms with E-state index in [4.69, 9.17) is 11.6 Å². The van der Waals surface area contributed by atoms with E-state index in [0.717, 1.165) is 0 Å². The van der Waals surface area contributed by atoms with Gasteiger partial charge in [0.1, 0.15) is 5.82 Å². The van der Waals surface area contributed by atoms with E-state index in [9.17, 15) is 18.0 Å². The molecule has 2 atom stereocenters. The van der Waals surface area contributed by atoms with Crippen LogP contribution in [0.25, 0.3) is 0 Å². The van der Waals surface area contributed by atoms with E-state index in [1.807, 2.05) is 0 Å². The van der Waals surface area contributed by atoms with Crippen LogP contribution in [0.15, 0.2) is 18.3 Å². The number of alkyl halides is 3. The lowest BCUT2D eigenvalue weighted by molar-refractivity contribution is -0.188. The van der Waals surface area contributed by atoms with Gasteiger partial charge in [-0.15, -0.1) is 0 Å². The normalized spacial score (nSPS) is 21.4. The van der Waals surface area contributed by atoms with Gasteiger partial charge in [-0.2, -0.15) is 13.2 Å². The second-order valence-corrected chi connectivity index (χ2v) is 5.84. The number of aromatic nitrogens is 1. The molecule has 22 heavy (non-hydrogen) atoms. The van der Waals surface area contributed by atoms with Gasteiger partial charge in [0.25, 0.3) is 0 Å². The molecule has 1 fully saturated rings. The highest BCUT2D eigenvalue weighted by Gasteiger charge is 2.43. The van der Waals surface area contributed by atoms with Crippen molar-refractivity contribution in [3.63, 3.8) is 0 Å². The Morgan fingerprint density at radius 2 is 2.23 bits per heavy atom. The number of hydrogen-bond acceptors (Lipinski definition) is 3. The zero-order valence-corrected chi connectivity index (χ0v) is 12.8. The van der Waals surface area contributed by atoms with E-state index in [0.29, 0.717) is 23.8 Å². The van der Waals surface area contributed by atoms with E-state index < -0.39 is 18.1 Å². The minimum absolute atomic E-state index is 0.118. The maximum absolute atomic E-state index is 12.8. The van der Waals surface area contributed by atoms with Gasteiger partial charge in [0.05, 0.1) is 17.0 Å². The van der Waals surface area contributed by atoms with Crippen molar-refractivity contribution in [1.29, 1.82) is 0 Å². The van der Waals surface area contributed by atoms with Crippen LogP contribution >= 0.6 is 11.6 Å². The van der Waals surface area contributed by atoms with Crippen molar-refractivity contribution in [2.45, 2.75) is 32.0 Å². The molecule has 1 saturated heterocycles. The van der Waals surface area contributed by atoms with E-state index in [2.05, 4.69) is 10.3 Å². The molecule has 8 heteroatoms. The SMILES string of the molecule is C[C@@H](C(=O)Nc1ccc(Cl)cn1)N1CCC[C@H](C(F)(F)F)C1. The first-order valence-electron chi connectivity index (χ1n) is 7.00. The number of rotatable bonds is 3. The summed E-state index contributed by atoms with van der Waals surface area (Å²) in [4.78, 5) is 17.6. The van der Waals surface area contributed by atoms with Gasteiger partial charge in [-0.25, -0.2) is 4.98 Å². The molecular weight excluding hydrogens is 319 g/mol. The quantitative estimate of drug-likeness (QED) is 0.921. The van der Waals surface area contributed by atoms with Crippen LogP contribution in [-0.2, 0) is 4.79 Å². The first kappa shape index (κ1) is 17.0. The largest absolute Gasteiger partial charge is 0.393 e. The molecule has 4 nitrogen and oxygen atoms in total. The molecule has 1 aliphatic rings. The van der Waals surface area contributed by atoms with Crippen molar-refractivity contribution in [2.75, 3.05) is 18.4 Å². The summed E-state index contributed by atoms with van der Waals surface area (Å²) in [6, 6.07) is 2.47. The van der Waals surface area contributed by atoms with Crippen molar-refractivity contribution >= 4 is 23.3 Å². The number of pyridine rings is 1. The lowest BCUT2D eigenvalue weighted by Crippen LogP contribution is -2.49. The predicted octanol–water partition coefficient (Wildman–Crippen LogP) is 3.34. The van der Waals surface area contributed by atoms with Gasteiger partial charge in [0.2, 0.25) is 5.91 Å². The first-order chi connectivity index (χ1) is 10.3. The molecule has 0 aliphatic carbocycles. The van der Waals surface area contributed by atoms with Crippen molar-refractivity contribution in [3.05, 3.63) is 23.4 Å². The lowest BCUT2D eigenvalue weighted by Gasteiger charge is -2.36. The fourth-order valence-electron chi connectivity index (χ4n) is 2.47. The molecule has 0 radical (unpaired) electrons. The van der Waals surface area contributed by atoms with Gasteiger partial charge in [-0.1, -0.05) is 11.6 Å². The number of piperidine rings is 1. The number of carbonyl (C=O) groups is 1. The van der Waals surface area contributed by atoms with Crippen LogP contribution in [0.4, 0.5) is 19.0 Å². The molecular formula is C14H17ClF3N3O. The number of nitrogens with zero attached hydrogens (tertiary/aromatic N) is 2. The topological polar surface area (TPSA) is 45.2 Å². The Morgan fingerprint density at radius 3 is 2.82 bits per heavy atom. The fourth-order valence-corrected chi connectivity index (χ4v) is 2.58. The molecule has 1 aromatic heterocycles. The number of amides is 1. The number of nitrogens with one attached hydrogen (secondary N) is 1. The summed E-state index contributed by atoms with van der Waals surface area (Å²) in [5.41, 5.74) is 0. The third kappa shape index (κ3) is 4.33. The zero-order chi connectivity index (χ0) is 16.3. The van der Waals surface area contributed by atoms with Crippen molar-refractivity contribution in [2.24, 2.45) is 5.92 Å². The van der Waals surface area contributed by atoms with E-state index in [1.54, 1.807) is 24.0 Å². The first-order valence-corrected chi connectivity index (χ1v) is 7.38. The minimum atomic E-state index is -4.22. The molecule has 0 aromatic carbocycles. The van der Waals surface area contributed by atoms with Gasteiger partial charge >= 0.3 is 6.18 Å². The summed E-state index contributed by atoms with van der Waals surface area (Å²) in [7, 11) is 0. The highest BCUT2D eigenvalue weighted by molar-refractivity contribution is 6.30. The predicted molar refractivity (Wildman–Crippen MR) is 77.7 cm³/mol. The average Bonchev–Trinajstić information content (AvgIpc) is 2.48. The minimum Gasteiger partial charge on any atom is -0.309 e. The Hall–Kier alpha value is -1.34. The summed E-state index contributed by atoms with van der Waals surface area (Å²) < 4.78 is 38.4. The Kier molecular flexibility index (Phi) is 5.28. The van der Waals surface area contributed by atoms with Crippen LogP contribution in [0.3, 0.4) is 0 Å². The lowest BCUT2D eigenvalue weighted by atomic mass is 9.96. The summed E-state index contributed by atoms with van der Waals surface area (Å²) in [5.74, 6) is -1.42. The Labute approximate surface area is 131 Å². The number of halogens is 4. The smallest absolute Gasteiger partial charge is 0.309 e. The second kappa shape index (κ2) is 6.83. The summed E-state index contributed by atoms with van der Waals surface area (Å²) in [5, 5.41) is 3.03. The van der Waals surface area contributed by atoms with Gasteiger partial charge in [-0.3, -0.25) is 9.69 Å². The molecule has 1 N–H and O–H groups in total.